The number of hydrogen-bond donors (Lipinski definition) is 2. The predicted octanol–water partition coefficient (Wildman–Crippen LogP) is 1.77. The SMILES string of the molecule is COCCNCCNC(=O)Cc1csc(-c2cccs2)n1. The Morgan fingerprint density at radius 2 is 2.24 bits per heavy atom. The zero-order valence-electron chi connectivity index (χ0n) is 11.9. The largest absolute Gasteiger partial charge is 0.383 e. The van der Waals surface area contributed by atoms with Crippen molar-refractivity contribution in [2.24, 2.45) is 0 Å². The standard InChI is InChI=1S/C14H19N3O2S2/c1-19-7-6-15-4-5-16-13(18)9-11-10-21-14(17-11)12-3-2-8-20-12/h2-3,8,10,15H,4-7,9H2,1H3,(H,16,18). The van der Waals surface area contributed by atoms with E-state index in [1.54, 1.807) is 29.8 Å². The van der Waals surface area contributed by atoms with Crippen LogP contribution in [0.4, 0.5) is 0 Å². The molecule has 7 heteroatoms. The number of methoxy groups -OCH3 is 1. The third-order valence-corrected chi connectivity index (χ3v) is 4.66. The second-order valence-corrected chi connectivity index (χ2v) is 6.20. The van der Waals surface area contributed by atoms with Gasteiger partial charge < -0.3 is 15.4 Å². The highest BCUT2D eigenvalue weighted by Gasteiger charge is 2.09. The topological polar surface area (TPSA) is 63.2 Å². The molecule has 2 heterocycles. The summed E-state index contributed by atoms with van der Waals surface area (Å²) < 4.78 is 4.93. The number of thiazole rings is 1. The molecule has 5 nitrogen and oxygen atoms in total. The number of ether oxygens (including phenoxy) is 1. The van der Waals surface area contributed by atoms with Crippen LogP contribution in [0.2, 0.25) is 0 Å². The molecule has 0 aliphatic heterocycles. The second kappa shape index (κ2) is 8.89. The molecule has 1 amide bonds. The fraction of sp³-hybridized carbons (Fsp3) is 0.429. The van der Waals surface area contributed by atoms with Gasteiger partial charge in [0, 0.05) is 32.1 Å². The van der Waals surface area contributed by atoms with Crippen LogP contribution in [0.25, 0.3) is 9.88 Å². The van der Waals surface area contributed by atoms with Gasteiger partial charge >= 0.3 is 0 Å². The molecule has 0 bridgehead atoms. The average Bonchev–Trinajstić information content (AvgIpc) is 3.13. The summed E-state index contributed by atoms with van der Waals surface area (Å²) in [5, 5.41) is 11.0. The Bertz CT molecular complexity index is 540. The van der Waals surface area contributed by atoms with E-state index in [0.29, 0.717) is 19.6 Å². The fourth-order valence-corrected chi connectivity index (χ4v) is 3.35. The normalized spacial score (nSPS) is 10.7. The minimum absolute atomic E-state index is 0.00608. The number of carbonyl (C=O) groups excluding carboxylic acids is 1. The van der Waals surface area contributed by atoms with Crippen LogP contribution in [-0.2, 0) is 16.0 Å². The number of rotatable bonds is 9. The first-order valence-corrected chi connectivity index (χ1v) is 8.50. The van der Waals surface area contributed by atoms with Gasteiger partial charge in [0.15, 0.2) is 0 Å². The van der Waals surface area contributed by atoms with Gasteiger partial charge in [-0.25, -0.2) is 4.98 Å². The molecule has 0 radical (unpaired) electrons. The van der Waals surface area contributed by atoms with Gasteiger partial charge in [-0.2, -0.15) is 0 Å². The number of nitrogens with zero attached hydrogens (tertiary/aromatic N) is 1. The van der Waals surface area contributed by atoms with Crippen molar-refractivity contribution >= 4 is 28.6 Å². The van der Waals surface area contributed by atoms with E-state index in [9.17, 15) is 4.79 Å². The molecule has 0 fully saturated rings. The summed E-state index contributed by atoms with van der Waals surface area (Å²) in [7, 11) is 1.67. The molecule has 114 valence electrons. The van der Waals surface area contributed by atoms with E-state index < -0.39 is 0 Å². The van der Waals surface area contributed by atoms with Crippen molar-refractivity contribution < 1.29 is 9.53 Å². The lowest BCUT2D eigenvalue weighted by molar-refractivity contribution is -0.120. The summed E-state index contributed by atoms with van der Waals surface area (Å²) >= 11 is 3.24. The number of nitrogens with one attached hydrogen (secondary N) is 2. The molecular formula is C14H19N3O2S2. The van der Waals surface area contributed by atoms with E-state index in [0.717, 1.165) is 28.7 Å². The zero-order valence-corrected chi connectivity index (χ0v) is 13.6. The lowest BCUT2D eigenvalue weighted by Crippen LogP contribution is -2.33. The first-order chi connectivity index (χ1) is 10.3. The van der Waals surface area contributed by atoms with Crippen molar-refractivity contribution in [2.75, 3.05) is 33.4 Å². The molecule has 2 N–H and O–H groups in total. The van der Waals surface area contributed by atoms with E-state index in [2.05, 4.69) is 15.6 Å². The van der Waals surface area contributed by atoms with Crippen molar-refractivity contribution in [1.29, 1.82) is 0 Å². The average molecular weight is 325 g/mol. The molecule has 0 saturated carbocycles. The van der Waals surface area contributed by atoms with E-state index in [4.69, 9.17) is 4.74 Å². The molecule has 0 aliphatic carbocycles. The van der Waals surface area contributed by atoms with Crippen LogP contribution in [0, 0.1) is 0 Å². The predicted molar refractivity (Wildman–Crippen MR) is 86.9 cm³/mol. The van der Waals surface area contributed by atoms with Gasteiger partial charge in [0.05, 0.1) is 23.6 Å². The quantitative estimate of drug-likeness (QED) is 0.690. The Balaban J connectivity index is 1.68. The Hall–Kier alpha value is -1.28. The minimum Gasteiger partial charge on any atom is -0.383 e. The Morgan fingerprint density at radius 3 is 3.00 bits per heavy atom. The summed E-state index contributed by atoms with van der Waals surface area (Å²) in [5.74, 6) is 0.00608. The Morgan fingerprint density at radius 1 is 1.33 bits per heavy atom. The van der Waals surface area contributed by atoms with Gasteiger partial charge in [-0.15, -0.1) is 22.7 Å². The van der Waals surface area contributed by atoms with Crippen molar-refractivity contribution in [3.63, 3.8) is 0 Å². The molecule has 2 rings (SSSR count). The van der Waals surface area contributed by atoms with Crippen molar-refractivity contribution in [3.8, 4) is 9.88 Å². The fourth-order valence-electron chi connectivity index (χ4n) is 1.72. The highest BCUT2D eigenvalue weighted by Crippen LogP contribution is 2.27. The van der Waals surface area contributed by atoms with Crippen molar-refractivity contribution in [2.45, 2.75) is 6.42 Å². The summed E-state index contributed by atoms with van der Waals surface area (Å²) in [5.41, 5.74) is 0.827. The van der Waals surface area contributed by atoms with Gasteiger partial charge in [-0.1, -0.05) is 6.07 Å². The molecule has 2 aromatic rings. The monoisotopic (exact) mass is 325 g/mol. The van der Waals surface area contributed by atoms with E-state index >= 15 is 0 Å². The first-order valence-electron chi connectivity index (χ1n) is 6.74. The molecule has 0 spiro atoms. The summed E-state index contributed by atoms with van der Waals surface area (Å²) in [4.78, 5) is 17.4. The van der Waals surface area contributed by atoms with E-state index in [1.807, 2.05) is 22.9 Å². The van der Waals surface area contributed by atoms with Crippen molar-refractivity contribution in [3.05, 3.63) is 28.6 Å². The highest BCUT2D eigenvalue weighted by atomic mass is 32.1. The van der Waals surface area contributed by atoms with E-state index in [1.165, 1.54) is 0 Å². The zero-order chi connectivity index (χ0) is 14.9. The molecule has 0 saturated heterocycles. The van der Waals surface area contributed by atoms with Crippen LogP contribution in [0.5, 0.6) is 0 Å². The number of thiophene rings is 1. The second-order valence-electron chi connectivity index (χ2n) is 4.39. The van der Waals surface area contributed by atoms with Crippen LogP contribution >= 0.6 is 22.7 Å². The lowest BCUT2D eigenvalue weighted by atomic mass is 10.3. The third-order valence-electron chi connectivity index (χ3n) is 2.73. The summed E-state index contributed by atoms with van der Waals surface area (Å²) in [6.45, 7) is 2.83. The summed E-state index contributed by atoms with van der Waals surface area (Å²) in [6, 6.07) is 4.05. The lowest BCUT2D eigenvalue weighted by Gasteiger charge is -2.05. The van der Waals surface area contributed by atoms with Crippen LogP contribution < -0.4 is 10.6 Å². The van der Waals surface area contributed by atoms with Gasteiger partial charge in [-0.05, 0) is 11.4 Å². The minimum atomic E-state index is 0.00608. The molecule has 0 aliphatic rings. The van der Waals surface area contributed by atoms with Crippen LogP contribution in [0.1, 0.15) is 5.69 Å². The Labute approximate surface area is 132 Å². The molecule has 0 atom stereocenters. The van der Waals surface area contributed by atoms with Gasteiger partial charge in [0.2, 0.25) is 5.91 Å². The van der Waals surface area contributed by atoms with E-state index in [-0.39, 0.29) is 5.91 Å². The maximum atomic E-state index is 11.8. The van der Waals surface area contributed by atoms with Gasteiger partial charge in [-0.3, -0.25) is 4.79 Å². The third kappa shape index (κ3) is 5.55. The highest BCUT2D eigenvalue weighted by molar-refractivity contribution is 7.20. The molecule has 0 unspecified atom stereocenters. The maximum absolute atomic E-state index is 11.8. The van der Waals surface area contributed by atoms with Crippen LogP contribution in [0.15, 0.2) is 22.9 Å². The summed E-state index contributed by atoms with van der Waals surface area (Å²) in [6.07, 6.45) is 0.333. The number of carbonyl (C=O) groups is 1. The maximum Gasteiger partial charge on any atom is 0.226 e. The molecular weight excluding hydrogens is 306 g/mol. The number of aromatic nitrogens is 1. The first kappa shape index (κ1) is 16.1. The van der Waals surface area contributed by atoms with Crippen molar-refractivity contribution in [1.82, 2.24) is 15.6 Å². The number of hydrogen-bond acceptors (Lipinski definition) is 6. The van der Waals surface area contributed by atoms with Gasteiger partial charge in [0.1, 0.15) is 5.01 Å². The molecule has 21 heavy (non-hydrogen) atoms. The Kier molecular flexibility index (Phi) is 6.81. The van der Waals surface area contributed by atoms with Gasteiger partial charge in [0.25, 0.3) is 0 Å². The van der Waals surface area contributed by atoms with Crippen LogP contribution in [0.3, 0.4) is 0 Å². The smallest absolute Gasteiger partial charge is 0.226 e. The van der Waals surface area contributed by atoms with Crippen LogP contribution in [-0.4, -0.2) is 44.2 Å². The molecule has 0 aromatic carbocycles. The number of amides is 1. The molecule has 2 aromatic heterocycles.